The molecule has 0 amide bonds. The van der Waals surface area contributed by atoms with E-state index in [0.29, 0.717) is 0 Å². The van der Waals surface area contributed by atoms with E-state index in [-0.39, 0.29) is 6.54 Å². The van der Waals surface area contributed by atoms with Gasteiger partial charge in [-0.2, -0.15) is 18.3 Å². The summed E-state index contributed by atoms with van der Waals surface area (Å²) in [5.74, 6) is -1.83. The standard InChI is InChI=1S/C7H7F3IN3S/c8-7(9,10)5(6(12)15)3-14-2-4(11)1-13-14/h1-2,5H,3H2,(H2,12,15). The molecule has 0 fully saturated rings. The third kappa shape index (κ3) is 3.59. The van der Waals surface area contributed by atoms with Gasteiger partial charge in [-0.15, -0.1) is 0 Å². The molecular formula is C7H7F3IN3S. The van der Waals surface area contributed by atoms with Gasteiger partial charge in [0.15, 0.2) is 0 Å². The van der Waals surface area contributed by atoms with Crippen molar-refractivity contribution in [2.75, 3.05) is 0 Å². The lowest BCUT2D eigenvalue weighted by molar-refractivity contribution is -0.158. The topological polar surface area (TPSA) is 43.8 Å². The fourth-order valence-corrected chi connectivity index (χ4v) is 1.63. The van der Waals surface area contributed by atoms with Crippen molar-refractivity contribution in [3.05, 3.63) is 16.0 Å². The Kier molecular flexibility index (Phi) is 3.93. The third-order valence-electron chi connectivity index (χ3n) is 1.71. The molecule has 0 aliphatic rings. The first-order chi connectivity index (χ1) is 6.80. The van der Waals surface area contributed by atoms with E-state index in [1.54, 1.807) is 0 Å². The molecule has 0 spiro atoms. The second-order valence-corrected chi connectivity index (χ2v) is 4.59. The Bertz CT molecular complexity index is 363. The molecule has 1 atom stereocenters. The summed E-state index contributed by atoms with van der Waals surface area (Å²) in [6, 6.07) is 0. The van der Waals surface area contributed by atoms with Crippen molar-refractivity contribution in [1.29, 1.82) is 0 Å². The first-order valence-electron chi connectivity index (χ1n) is 3.84. The van der Waals surface area contributed by atoms with Crippen LogP contribution in [0.5, 0.6) is 0 Å². The molecule has 0 saturated heterocycles. The Morgan fingerprint density at radius 1 is 1.67 bits per heavy atom. The van der Waals surface area contributed by atoms with Crippen LogP contribution in [0.4, 0.5) is 13.2 Å². The number of nitrogens with two attached hydrogens (primary N) is 1. The highest BCUT2D eigenvalue weighted by atomic mass is 127. The zero-order valence-electron chi connectivity index (χ0n) is 7.33. The monoisotopic (exact) mass is 349 g/mol. The first-order valence-corrected chi connectivity index (χ1v) is 5.33. The highest BCUT2D eigenvalue weighted by Gasteiger charge is 2.42. The van der Waals surface area contributed by atoms with E-state index >= 15 is 0 Å². The quantitative estimate of drug-likeness (QED) is 0.670. The lowest BCUT2D eigenvalue weighted by Crippen LogP contribution is -2.37. The number of rotatable bonds is 3. The highest BCUT2D eigenvalue weighted by Crippen LogP contribution is 2.27. The predicted molar refractivity (Wildman–Crippen MR) is 61.3 cm³/mol. The molecule has 3 nitrogen and oxygen atoms in total. The summed E-state index contributed by atoms with van der Waals surface area (Å²) in [6.07, 6.45) is -1.46. The van der Waals surface area contributed by atoms with Gasteiger partial charge in [0.1, 0.15) is 5.92 Å². The van der Waals surface area contributed by atoms with Crippen LogP contribution in [0.2, 0.25) is 0 Å². The average molecular weight is 349 g/mol. The van der Waals surface area contributed by atoms with Gasteiger partial charge in [0.25, 0.3) is 0 Å². The molecule has 1 aromatic heterocycles. The minimum atomic E-state index is -4.43. The molecule has 0 radical (unpaired) electrons. The second-order valence-electron chi connectivity index (χ2n) is 2.88. The van der Waals surface area contributed by atoms with Crippen LogP contribution in [0.25, 0.3) is 0 Å². The maximum Gasteiger partial charge on any atom is 0.399 e. The third-order valence-corrected chi connectivity index (χ3v) is 2.55. The van der Waals surface area contributed by atoms with Gasteiger partial charge in [-0.05, 0) is 22.6 Å². The molecule has 0 bridgehead atoms. The number of thiocarbonyl (C=S) groups is 1. The largest absolute Gasteiger partial charge is 0.399 e. The summed E-state index contributed by atoms with van der Waals surface area (Å²) in [4.78, 5) is -0.562. The van der Waals surface area contributed by atoms with Crippen LogP contribution < -0.4 is 5.73 Å². The van der Waals surface area contributed by atoms with Gasteiger partial charge in [-0.3, -0.25) is 4.68 Å². The summed E-state index contributed by atoms with van der Waals surface area (Å²) < 4.78 is 39.3. The van der Waals surface area contributed by atoms with Crippen molar-refractivity contribution in [1.82, 2.24) is 9.78 Å². The smallest absolute Gasteiger partial charge is 0.393 e. The van der Waals surface area contributed by atoms with Crippen LogP contribution in [-0.2, 0) is 6.54 Å². The van der Waals surface area contributed by atoms with E-state index < -0.39 is 17.1 Å². The number of hydrogen-bond acceptors (Lipinski definition) is 2. The van der Waals surface area contributed by atoms with Crippen molar-refractivity contribution < 1.29 is 13.2 Å². The first kappa shape index (κ1) is 12.7. The van der Waals surface area contributed by atoms with E-state index in [1.807, 2.05) is 22.6 Å². The van der Waals surface area contributed by atoms with Crippen LogP contribution in [0.3, 0.4) is 0 Å². The van der Waals surface area contributed by atoms with Gasteiger partial charge >= 0.3 is 6.18 Å². The minimum absolute atomic E-state index is 0.373. The molecule has 84 valence electrons. The van der Waals surface area contributed by atoms with Crippen molar-refractivity contribution in [2.45, 2.75) is 12.7 Å². The Morgan fingerprint density at radius 2 is 2.27 bits per heavy atom. The van der Waals surface area contributed by atoms with E-state index in [2.05, 4.69) is 17.3 Å². The Hall–Kier alpha value is -0.380. The van der Waals surface area contributed by atoms with E-state index in [1.165, 1.54) is 17.1 Å². The highest BCUT2D eigenvalue weighted by molar-refractivity contribution is 14.1. The second kappa shape index (κ2) is 4.64. The fourth-order valence-electron chi connectivity index (χ4n) is 0.980. The van der Waals surface area contributed by atoms with Gasteiger partial charge in [0, 0.05) is 6.20 Å². The van der Waals surface area contributed by atoms with Gasteiger partial charge in [-0.1, -0.05) is 12.2 Å². The van der Waals surface area contributed by atoms with Crippen LogP contribution in [0.15, 0.2) is 12.4 Å². The molecule has 15 heavy (non-hydrogen) atoms. The molecule has 0 aliphatic carbocycles. The molecule has 1 heterocycles. The molecule has 1 aromatic rings. The summed E-state index contributed by atoms with van der Waals surface area (Å²) in [5.41, 5.74) is 5.05. The Labute approximate surface area is 103 Å². The summed E-state index contributed by atoms with van der Waals surface area (Å²) >= 11 is 6.34. The SMILES string of the molecule is NC(=S)C(Cn1cc(I)cn1)C(F)(F)F. The molecule has 0 saturated carbocycles. The molecule has 1 rings (SSSR count). The lowest BCUT2D eigenvalue weighted by Gasteiger charge is -2.18. The van der Waals surface area contributed by atoms with Crippen molar-refractivity contribution in [3.8, 4) is 0 Å². The number of nitrogens with zero attached hydrogens (tertiary/aromatic N) is 2. The zero-order valence-corrected chi connectivity index (χ0v) is 10.3. The van der Waals surface area contributed by atoms with Gasteiger partial charge in [-0.25, -0.2) is 0 Å². The summed E-state index contributed by atoms with van der Waals surface area (Å²) in [7, 11) is 0. The minimum Gasteiger partial charge on any atom is -0.393 e. The van der Waals surface area contributed by atoms with Crippen LogP contribution in [0, 0.1) is 9.49 Å². The normalized spacial score (nSPS) is 13.9. The number of alkyl halides is 3. The molecule has 0 aromatic carbocycles. The number of halogens is 4. The molecular weight excluding hydrogens is 342 g/mol. The maximum atomic E-state index is 12.5. The Morgan fingerprint density at radius 3 is 2.60 bits per heavy atom. The van der Waals surface area contributed by atoms with Crippen LogP contribution >= 0.6 is 34.8 Å². The summed E-state index contributed by atoms with van der Waals surface area (Å²) in [5, 5.41) is 3.75. The number of aromatic nitrogens is 2. The van der Waals surface area contributed by atoms with Crippen LogP contribution in [0.1, 0.15) is 0 Å². The van der Waals surface area contributed by atoms with Crippen molar-refractivity contribution >= 4 is 39.8 Å². The molecule has 2 N–H and O–H groups in total. The maximum absolute atomic E-state index is 12.5. The van der Waals surface area contributed by atoms with E-state index in [0.717, 1.165) is 3.57 Å². The van der Waals surface area contributed by atoms with Crippen molar-refractivity contribution in [3.63, 3.8) is 0 Å². The molecule has 0 aliphatic heterocycles. The van der Waals surface area contributed by atoms with Crippen LogP contribution in [-0.4, -0.2) is 20.9 Å². The predicted octanol–water partition coefficient (Wildman–Crippen LogP) is 1.95. The molecule has 1 unspecified atom stereocenters. The fraction of sp³-hybridized carbons (Fsp3) is 0.429. The lowest BCUT2D eigenvalue weighted by atomic mass is 10.1. The summed E-state index contributed by atoms with van der Waals surface area (Å²) in [6.45, 7) is -0.373. The zero-order chi connectivity index (χ0) is 11.6. The van der Waals surface area contributed by atoms with Gasteiger partial charge < -0.3 is 5.73 Å². The number of hydrogen-bond donors (Lipinski definition) is 1. The van der Waals surface area contributed by atoms with E-state index in [4.69, 9.17) is 5.73 Å². The molecule has 8 heteroatoms. The van der Waals surface area contributed by atoms with Gasteiger partial charge in [0.2, 0.25) is 0 Å². The van der Waals surface area contributed by atoms with Gasteiger partial charge in [0.05, 0.1) is 21.3 Å². The Balaban J connectivity index is 2.81. The van der Waals surface area contributed by atoms with Crippen molar-refractivity contribution in [2.24, 2.45) is 11.7 Å². The average Bonchev–Trinajstić information content (AvgIpc) is 2.44. The van der Waals surface area contributed by atoms with E-state index in [9.17, 15) is 13.2 Å².